The van der Waals surface area contributed by atoms with Crippen molar-refractivity contribution < 1.29 is 4.79 Å². The lowest BCUT2D eigenvalue weighted by atomic mass is 10.1. The number of anilines is 1. The van der Waals surface area contributed by atoms with Crippen LogP contribution in [-0.2, 0) is 4.79 Å². The smallest absolute Gasteiger partial charge is 0.228 e. The number of nitrogens with zero attached hydrogens (tertiary/aromatic N) is 1. The summed E-state index contributed by atoms with van der Waals surface area (Å²) >= 11 is 0. The predicted molar refractivity (Wildman–Crippen MR) is 78.3 cm³/mol. The van der Waals surface area contributed by atoms with Crippen molar-refractivity contribution >= 4 is 11.6 Å². The van der Waals surface area contributed by atoms with Crippen LogP contribution in [0.5, 0.6) is 0 Å². The van der Waals surface area contributed by atoms with E-state index in [0.717, 1.165) is 44.0 Å². The largest absolute Gasteiger partial charge is 0.326 e. The maximum atomic E-state index is 12.2. The Kier molecular flexibility index (Phi) is 4.93. The number of piperazine rings is 1. The van der Waals surface area contributed by atoms with Gasteiger partial charge in [-0.2, -0.15) is 0 Å². The van der Waals surface area contributed by atoms with Crippen molar-refractivity contribution in [3.63, 3.8) is 0 Å². The first-order valence-corrected chi connectivity index (χ1v) is 6.96. The van der Waals surface area contributed by atoms with Crippen molar-refractivity contribution in [3.05, 3.63) is 29.8 Å². The normalized spacial score (nSPS) is 18.0. The van der Waals surface area contributed by atoms with Crippen molar-refractivity contribution in [2.24, 2.45) is 5.92 Å². The summed E-state index contributed by atoms with van der Waals surface area (Å²) in [6.45, 7) is 8.94. The van der Waals surface area contributed by atoms with E-state index in [-0.39, 0.29) is 11.8 Å². The average Bonchev–Trinajstić information content (AvgIpc) is 2.42. The van der Waals surface area contributed by atoms with Crippen LogP contribution in [0.2, 0.25) is 0 Å². The second-order valence-electron chi connectivity index (χ2n) is 5.26. The molecule has 0 spiro atoms. The lowest BCUT2D eigenvalue weighted by molar-refractivity contribution is -0.120. The van der Waals surface area contributed by atoms with Gasteiger partial charge in [0.25, 0.3) is 0 Å². The summed E-state index contributed by atoms with van der Waals surface area (Å²) in [7, 11) is 0. The van der Waals surface area contributed by atoms with Gasteiger partial charge in [0.15, 0.2) is 0 Å². The van der Waals surface area contributed by atoms with E-state index >= 15 is 0 Å². The van der Waals surface area contributed by atoms with Gasteiger partial charge in [0.1, 0.15) is 0 Å². The monoisotopic (exact) mass is 261 g/mol. The van der Waals surface area contributed by atoms with Gasteiger partial charge >= 0.3 is 0 Å². The van der Waals surface area contributed by atoms with E-state index in [2.05, 4.69) is 15.5 Å². The molecular weight excluding hydrogens is 238 g/mol. The van der Waals surface area contributed by atoms with Crippen molar-refractivity contribution in [3.8, 4) is 0 Å². The Morgan fingerprint density at radius 2 is 2.05 bits per heavy atom. The number of amides is 1. The molecule has 1 amide bonds. The van der Waals surface area contributed by atoms with Gasteiger partial charge in [0.05, 0.1) is 0 Å². The third-order valence-corrected chi connectivity index (χ3v) is 3.59. The van der Waals surface area contributed by atoms with E-state index in [9.17, 15) is 4.79 Å². The Balaban J connectivity index is 1.87. The fraction of sp³-hybridized carbons (Fsp3) is 0.533. The highest BCUT2D eigenvalue weighted by molar-refractivity contribution is 5.93. The van der Waals surface area contributed by atoms with Crippen LogP contribution >= 0.6 is 0 Å². The SMILES string of the molecule is Cc1ccccc1NC(=O)C(C)CN1CCNCC1. The van der Waals surface area contributed by atoms with Gasteiger partial charge in [-0.05, 0) is 18.6 Å². The molecule has 1 unspecified atom stereocenters. The van der Waals surface area contributed by atoms with Crippen LogP contribution in [0.25, 0.3) is 0 Å². The number of hydrogen-bond donors (Lipinski definition) is 2. The summed E-state index contributed by atoms with van der Waals surface area (Å²) in [6.07, 6.45) is 0. The minimum Gasteiger partial charge on any atom is -0.326 e. The zero-order valence-electron chi connectivity index (χ0n) is 11.8. The Hall–Kier alpha value is -1.39. The van der Waals surface area contributed by atoms with Gasteiger partial charge < -0.3 is 15.5 Å². The van der Waals surface area contributed by atoms with Crippen LogP contribution in [0.15, 0.2) is 24.3 Å². The third-order valence-electron chi connectivity index (χ3n) is 3.59. The summed E-state index contributed by atoms with van der Waals surface area (Å²) < 4.78 is 0. The summed E-state index contributed by atoms with van der Waals surface area (Å²) in [5.74, 6) is 0.116. The van der Waals surface area contributed by atoms with Crippen LogP contribution in [-0.4, -0.2) is 43.5 Å². The lowest BCUT2D eigenvalue weighted by Crippen LogP contribution is -2.46. The Morgan fingerprint density at radius 3 is 2.74 bits per heavy atom. The molecule has 0 saturated carbocycles. The summed E-state index contributed by atoms with van der Waals surface area (Å²) in [5.41, 5.74) is 2.02. The molecule has 1 aromatic rings. The maximum absolute atomic E-state index is 12.2. The number of carbonyl (C=O) groups is 1. The van der Waals surface area contributed by atoms with E-state index < -0.39 is 0 Å². The number of rotatable bonds is 4. The Labute approximate surface area is 115 Å². The predicted octanol–water partition coefficient (Wildman–Crippen LogP) is 1.47. The highest BCUT2D eigenvalue weighted by atomic mass is 16.1. The van der Waals surface area contributed by atoms with E-state index in [1.165, 1.54) is 0 Å². The molecule has 104 valence electrons. The van der Waals surface area contributed by atoms with Crippen LogP contribution < -0.4 is 10.6 Å². The van der Waals surface area contributed by atoms with Crippen molar-refractivity contribution in [1.82, 2.24) is 10.2 Å². The molecule has 4 nitrogen and oxygen atoms in total. The first-order valence-electron chi connectivity index (χ1n) is 6.96. The molecule has 0 aliphatic carbocycles. The van der Waals surface area contributed by atoms with Crippen LogP contribution in [0.4, 0.5) is 5.69 Å². The zero-order valence-corrected chi connectivity index (χ0v) is 11.8. The molecule has 1 atom stereocenters. The van der Waals surface area contributed by atoms with E-state index in [4.69, 9.17) is 0 Å². The second kappa shape index (κ2) is 6.68. The highest BCUT2D eigenvalue weighted by Gasteiger charge is 2.18. The molecular formula is C15H23N3O. The van der Waals surface area contributed by atoms with Crippen LogP contribution in [0.1, 0.15) is 12.5 Å². The van der Waals surface area contributed by atoms with Crippen molar-refractivity contribution in [2.75, 3.05) is 38.0 Å². The summed E-state index contributed by atoms with van der Waals surface area (Å²) in [6, 6.07) is 7.89. The fourth-order valence-electron chi connectivity index (χ4n) is 2.33. The number of benzene rings is 1. The van der Waals surface area contributed by atoms with Gasteiger partial charge in [-0.3, -0.25) is 4.79 Å². The van der Waals surface area contributed by atoms with Gasteiger partial charge in [0, 0.05) is 44.3 Å². The first kappa shape index (κ1) is 14.0. The van der Waals surface area contributed by atoms with Gasteiger partial charge in [0.2, 0.25) is 5.91 Å². The minimum atomic E-state index is 0.0118. The summed E-state index contributed by atoms with van der Waals surface area (Å²) in [4.78, 5) is 14.5. The number of aryl methyl sites for hydroxylation is 1. The number of para-hydroxylation sites is 1. The fourth-order valence-corrected chi connectivity index (χ4v) is 2.33. The van der Waals surface area contributed by atoms with Crippen molar-refractivity contribution in [2.45, 2.75) is 13.8 Å². The van der Waals surface area contributed by atoms with Gasteiger partial charge in [-0.1, -0.05) is 25.1 Å². The molecule has 1 aliphatic rings. The first-order chi connectivity index (χ1) is 9.16. The molecule has 1 fully saturated rings. The number of hydrogen-bond acceptors (Lipinski definition) is 3. The average molecular weight is 261 g/mol. The Morgan fingerprint density at radius 1 is 1.37 bits per heavy atom. The second-order valence-corrected chi connectivity index (χ2v) is 5.26. The number of nitrogens with one attached hydrogen (secondary N) is 2. The quantitative estimate of drug-likeness (QED) is 0.863. The molecule has 4 heteroatoms. The zero-order chi connectivity index (χ0) is 13.7. The van der Waals surface area contributed by atoms with Gasteiger partial charge in [-0.25, -0.2) is 0 Å². The van der Waals surface area contributed by atoms with Crippen LogP contribution in [0, 0.1) is 12.8 Å². The molecule has 2 N–H and O–H groups in total. The molecule has 0 radical (unpaired) electrons. The van der Waals surface area contributed by atoms with E-state index in [1.807, 2.05) is 38.1 Å². The molecule has 1 aliphatic heterocycles. The topological polar surface area (TPSA) is 44.4 Å². The molecule has 1 aromatic carbocycles. The molecule has 2 rings (SSSR count). The lowest BCUT2D eigenvalue weighted by Gasteiger charge is -2.29. The van der Waals surface area contributed by atoms with E-state index in [0.29, 0.717) is 0 Å². The van der Waals surface area contributed by atoms with E-state index in [1.54, 1.807) is 0 Å². The maximum Gasteiger partial charge on any atom is 0.228 e. The number of carbonyl (C=O) groups excluding carboxylic acids is 1. The molecule has 1 saturated heterocycles. The van der Waals surface area contributed by atoms with Gasteiger partial charge in [-0.15, -0.1) is 0 Å². The minimum absolute atomic E-state index is 0.0118. The molecule has 19 heavy (non-hydrogen) atoms. The molecule has 0 aromatic heterocycles. The molecule has 0 bridgehead atoms. The standard InChI is InChI=1S/C15H23N3O/c1-12-5-3-4-6-14(12)17-15(19)13(2)11-18-9-7-16-8-10-18/h3-6,13,16H,7-11H2,1-2H3,(H,17,19). The third kappa shape index (κ3) is 4.04. The van der Waals surface area contributed by atoms with Crippen molar-refractivity contribution in [1.29, 1.82) is 0 Å². The highest BCUT2D eigenvalue weighted by Crippen LogP contribution is 2.14. The van der Waals surface area contributed by atoms with Crippen LogP contribution in [0.3, 0.4) is 0 Å². The summed E-state index contributed by atoms with van der Waals surface area (Å²) in [5, 5.41) is 6.34. The Bertz CT molecular complexity index is 427. The molecule has 1 heterocycles.